The first kappa shape index (κ1) is 19.1. The number of alkyl halides is 3. The number of ether oxygens (including phenoxy) is 1. The number of aliphatic imine (C=N–C) groups is 1. The van der Waals surface area contributed by atoms with Crippen molar-refractivity contribution in [3.8, 4) is 5.75 Å². The number of unbranched alkanes of at least 4 members (excludes halogenated alkanes) is 1. The number of hydrogen-bond acceptors (Lipinski definition) is 2. The Kier molecular flexibility index (Phi) is 8.94. The molecule has 0 aliphatic carbocycles. The summed E-state index contributed by atoms with van der Waals surface area (Å²) in [5.74, 6) is 1.25. The quantitative estimate of drug-likeness (QED) is 0.414. The number of rotatable bonds is 9. The number of hydrogen-bond donors (Lipinski definition) is 2. The first-order valence-electron chi connectivity index (χ1n) is 7.78. The molecule has 130 valence electrons. The molecule has 2 N–H and O–H groups in total. The summed E-state index contributed by atoms with van der Waals surface area (Å²) in [6, 6.07) is 9.54. The fraction of sp³-hybridized carbons (Fsp3) is 0.562. The molecule has 0 unspecified atom stereocenters. The van der Waals surface area contributed by atoms with Crippen molar-refractivity contribution < 1.29 is 17.9 Å². The minimum Gasteiger partial charge on any atom is -0.494 e. The Bertz CT molecular complexity index is 450. The molecule has 1 aromatic carbocycles. The highest BCUT2D eigenvalue weighted by molar-refractivity contribution is 5.79. The fourth-order valence-corrected chi connectivity index (χ4v) is 1.78. The van der Waals surface area contributed by atoms with Crippen LogP contribution >= 0.6 is 0 Å². The van der Waals surface area contributed by atoms with Crippen LogP contribution in [0.2, 0.25) is 0 Å². The monoisotopic (exact) mass is 331 g/mol. The van der Waals surface area contributed by atoms with E-state index in [-0.39, 0.29) is 6.54 Å². The van der Waals surface area contributed by atoms with Gasteiger partial charge in [-0.1, -0.05) is 18.2 Å². The van der Waals surface area contributed by atoms with E-state index in [1.807, 2.05) is 37.3 Å². The minimum absolute atomic E-state index is 0.174. The molecule has 0 radical (unpaired) electrons. The van der Waals surface area contributed by atoms with Gasteiger partial charge in [0, 0.05) is 19.6 Å². The van der Waals surface area contributed by atoms with Crippen LogP contribution in [0, 0.1) is 0 Å². The van der Waals surface area contributed by atoms with Gasteiger partial charge in [-0.25, -0.2) is 0 Å². The van der Waals surface area contributed by atoms with Crippen LogP contribution in [0.15, 0.2) is 35.3 Å². The molecule has 0 fully saturated rings. The maximum Gasteiger partial charge on any atom is 0.390 e. The molecule has 0 saturated carbocycles. The predicted octanol–water partition coefficient (Wildman–Crippen LogP) is 3.35. The van der Waals surface area contributed by atoms with Crippen LogP contribution in [0.25, 0.3) is 0 Å². The van der Waals surface area contributed by atoms with Gasteiger partial charge in [-0.2, -0.15) is 13.2 Å². The Morgan fingerprint density at radius 1 is 1.13 bits per heavy atom. The second-order valence-electron chi connectivity index (χ2n) is 4.92. The third-order valence-corrected chi connectivity index (χ3v) is 2.88. The molecule has 0 amide bonds. The fourth-order valence-electron chi connectivity index (χ4n) is 1.78. The first-order valence-corrected chi connectivity index (χ1v) is 7.78. The van der Waals surface area contributed by atoms with Crippen LogP contribution in [-0.4, -0.2) is 38.4 Å². The smallest absolute Gasteiger partial charge is 0.390 e. The molecule has 1 aromatic rings. The molecule has 7 heteroatoms. The van der Waals surface area contributed by atoms with E-state index >= 15 is 0 Å². The van der Waals surface area contributed by atoms with Crippen LogP contribution in [0.3, 0.4) is 0 Å². The summed E-state index contributed by atoms with van der Waals surface area (Å²) >= 11 is 0. The van der Waals surface area contributed by atoms with E-state index in [1.54, 1.807) is 0 Å². The van der Waals surface area contributed by atoms with Crippen LogP contribution in [0.4, 0.5) is 13.2 Å². The normalized spacial score (nSPS) is 12.1. The predicted molar refractivity (Wildman–Crippen MR) is 85.8 cm³/mol. The van der Waals surface area contributed by atoms with Gasteiger partial charge in [0.25, 0.3) is 0 Å². The van der Waals surface area contributed by atoms with Gasteiger partial charge in [0.1, 0.15) is 5.75 Å². The zero-order chi connectivity index (χ0) is 17.0. The van der Waals surface area contributed by atoms with Crippen molar-refractivity contribution in [3.05, 3.63) is 30.3 Å². The van der Waals surface area contributed by atoms with Gasteiger partial charge in [-0.05, 0) is 31.9 Å². The highest BCUT2D eigenvalue weighted by Gasteiger charge is 2.26. The summed E-state index contributed by atoms with van der Waals surface area (Å²) in [5, 5.41) is 5.61. The average Bonchev–Trinajstić information content (AvgIpc) is 2.50. The van der Waals surface area contributed by atoms with Crippen molar-refractivity contribution >= 4 is 5.96 Å². The summed E-state index contributed by atoms with van der Waals surface area (Å²) in [6.07, 6.45) is -3.38. The molecule has 0 spiro atoms. The molecule has 4 nitrogen and oxygen atoms in total. The Morgan fingerprint density at radius 3 is 2.52 bits per heavy atom. The Labute approximate surface area is 135 Å². The molecule has 0 aliphatic heterocycles. The average molecular weight is 331 g/mol. The first-order chi connectivity index (χ1) is 11.0. The van der Waals surface area contributed by atoms with Gasteiger partial charge >= 0.3 is 6.18 Å². The second-order valence-corrected chi connectivity index (χ2v) is 4.92. The number of halogens is 3. The molecule has 0 aliphatic rings. The lowest BCUT2D eigenvalue weighted by atomic mass is 10.3. The molecule has 0 heterocycles. The van der Waals surface area contributed by atoms with Crippen molar-refractivity contribution in [2.24, 2.45) is 4.99 Å². The van der Waals surface area contributed by atoms with Gasteiger partial charge < -0.3 is 15.4 Å². The van der Waals surface area contributed by atoms with Gasteiger partial charge in [-0.15, -0.1) is 0 Å². The van der Waals surface area contributed by atoms with Gasteiger partial charge in [-0.3, -0.25) is 4.99 Å². The molecule has 0 bridgehead atoms. The van der Waals surface area contributed by atoms with E-state index in [9.17, 15) is 13.2 Å². The number of nitrogens with one attached hydrogen (secondary N) is 2. The van der Waals surface area contributed by atoms with Crippen LogP contribution < -0.4 is 15.4 Å². The van der Waals surface area contributed by atoms with Crippen LogP contribution in [-0.2, 0) is 0 Å². The Balaban J connectivity index is 2.18. The zero-order valence-corrected chi connectivity index (χ0v) is 13.3. The maximum absolute atomic E-state index is 12.1. The third kappa shape index (κ3) is 10.4. The summed E-state index contributed by atoms with van der Waals surface area (Å²) in [5.41, 5.74) is 0. The van der Waals surface area contributed by atoms with Crippen molar-refractivity contribution in [1.29, 1.82) is 0 Å². The van der Waals surface area contributed by atoms with Gasteiger partial charge in [0.15, 0.2) is 5.96 Å². The van der Waals surface area contributed by atoms with Gasteiger partial charge in [0.05, 0.1) is 13.0 Å². The molecule has 1 rings (SSSR count). The summed E-state index contributed by atoms with van der Waals surface area (Å²) in [7, 11) is 0. The molecular formula is C16H24F3N3O. The lowest BCUT2D eigenvalue weighted by molar-refractivity contribution is -0.132. The van der Waals surface area contributed by atoms with E-state index < -0.39 is 12.6 Å². The molecule has 0 saturated heterocycles. The zero-order valence-electron chi connectivity index (χ0n) is 13.3. The molecular weight excluding hydrogens is 307 g/mol. The topological polar surface area (TPSA) is 45.7 Å². The number of guanidine groups is 1. The van der Waals surface area contributed by atoms with E-state index in [0.29, 0.717) is 25.7 Å². The molecule has 23 heavy (non-hydrogen) atoms. The van der Waals surface area contributed by atoms with Crippen LogP contribution in [0.5, 0.6) is 5.75 Å². The van der Waals surface area contributed by atoms with Crippen LogP contribution in [0.1, 0.15) is 26.2 Å². The van der Waals surface area contributed by atoms with E-state index in [2.05, 4.69) is 15.6 Å². The van der Waals surface area contributed by atoms with Crippen molar-refractivity contribution in [3.63, 3.8) is 0 Å². The summed E-state index contributed by atoms with van der Waals surface area (Å²) < 4.78 is 41.9. The summed E-state index contributed by atoms with van der Waals surface area (Å²) in [6.45, 7) is 3.44. The largest absolute Gasteiger partial charge is 0.494 e. The third-order valence-electron chi connectivity index (χ3n) is 2.88. The van der Waals surface area contributed by atoms with E-state index in [0.717, 1.165) is 18.6 Å². The van der Waals surface area contributed by atoms with Gasteiger partial charge in [0.2, 0.25) is 0 Å². The standard InChI is InChI=1S/C16H24F3N3O/c1-2-20-15(22-12-10-16(17,18)19)21-11-6-7-13-23-14-8-4-3-5-9-14/h3-5,8-9H,2,6-7,10-13H2,1H3,(H2,20,21,22). The maximum atomic E-state index is 12.1. The number of nitrogens with zero attached hydrogens (tertiary/aromatic N) is 1. The second kappa shape index (κ2) is 10.7. The molecule has 0 aromatic heterocycles. The minimum atomic E-state index is -4.15. The lowest BCUT2D eigenvalue weighted by Crippen LogP contribution is -2.39. The Hall–Kier alpha value is -1.92. The lowest BCUT2D eigenvalue weighted by Gasteiger charge is -2.12. The highest BCUT2D eigenvalue weighted by atomic mass is 19.4. The Morgan fingerprint density at radius 2 is 1.87 bits per heavy atom. The SMILES string of the molecule is CCNC(=NCCCCOc1ccccc1)NCCC(F)(F)F. The van der Waals surface area contributed by atoms with Crippen molar-refractivity contribution in [2.45, 2.75) is 32.4 Å². The number of benzene rings is 1. The van der Waals surface area contributed by atoms with Crippen molar-refractivity contribution in [1.82, 2.24) is 10.6 Å². The molecule has 0 atom stereocenters. The van der Waals surface area contributed by atoms with E-state index in [4.69, 9.17) is 4.74 Å². The highest BCUT2D eigenvalue weighted by Crippen LogP contribution is 2.18. The number of para-hydroxylation sites is 1. The summed E-state index contributed by atoms with van der Waals surface area (Å²) in [4.78, 5) is 4.25. The van der Waals surface area contributed by atoms with E-state index in [1.165, 1.54) is 0 Å². The van der Waals surface area contributed by atoms with Crippen molar-refractivity contribution in [2.75, 3.05) is 26.2 Å².